The lowest BCUT2D eigenvalue weighted by atomic mass is 10.1. The predicted octanol–water partition coefficient (Wildman–Crippen LogP) is 1.49. The Kier molecular flexibility index (Phi) is 7.80. The van der Waals surface area contributed by atoms with Crippen LogP contribution in [0.3, 0.4) is 0 Å². The van der Waals surface area contributed by atoms with E-state index in [2.05, 4.69) is 22.2 Å². The normalized spacial score (nSPS) is 11.0. The van der Waals surface area contributed by atoms with Crippen LogP contribution in [-0.4, -0.2) is 50.5 Å². The molecule has 1 rings (SSSR count). The fraction of sp³-hybridized carbons (Fsp3) is 0.412. The van der Waals surface area contributed by atoms with Gasteiger partial charge in [0.2, 0.25) is 5.91 Å². The number of likely N-dealkylation sites (N-methyl/N-ethyl adjacent to an activating group) is 1. The highest BCUT2D eigenvalue weighted by atomic mass is 19.1. The number of hydrogen-bond acceptors (Lipinski definition) is 2. The topological polar surface area (TPSA) is 56.7 Å². The zero-order valence-corrected chi connectivity index (χ0v) is 14.0. The van der Waals surface area contributed by atoms with Gasteiger partial charge in [-0.2, -0.15) is 0 Å². The van der Waals surface area contributed by atoms with Crippen molar-refractivity contribution in [1.82, 2.24) is 15.5 Å². The number of benzene rings is 1. The Labute approximate surface area is 137 Å². The molecule has 0 unspecified atom stereocenters. The van der Waals surface area contributed by atoms with Gasteiger partial charge >= 0.3 is 0 Å². The summed E-state index contributed by atoms with van der Waals surface area (Å²) in [5, 5.41) is 6.23. The lowest BCUT2D eigenvalue weighted by Gasteiger charge is -2.13. The summed E-state index contributed by atoms with van der Waals surface area (Å²) in [6, 6.07) is 4.77. The van der Waals surface area contributed by atoms with E-state index in [4.69, 9.17) is 0 Å². The van der Waals surface area contributed by atoms with Crippen molar-refractivity contribution < 1.29 is 9.18 Å². The van der Waals surface area contributed by atoms with Crippen molar-refractivity contribution in [3.05, 3.63) is 47.8 Å². The second-order valence-corrected chi connectivity index (χ2v) is 5.37. The van der Waals surface area contributed by atoms with Crippen LogP contribution in [0.25, 0.3) is 0 Å². The number of amides is 1. The van der Waals surface area contributed by atoms with Crippen LogP contribution in [0.5, 0.6) is 0 Å². The largest absolute Gasteiger partial charge is 0.356 e. The van der Waals surface area contributed by atoms with Crippen LogP contribution in [0.4, 0.5) is 4.39 Å². The summed E-state index contributed by atoms with van der Waals surface area (Å²) >= 11 is 0. The van der Waals surface area contributed by atoms with Crippen molar-refractivity contribution in [1.29, 1.82) is 0 Å². The molecule has 0 saturated heterocycles. The monoisotopic (exact) mass is 320 g/mol. The lowest BCUT2D eigenvalue weighted by Crippen LogP contribution is -2.39. The lowest BCUT2D eigenvalue weighted by molar-refractivity contribution is -0.127. The molecule has 0 aromatic heterocycles. The van der Waals surface area contributed by atoms with Crippen molar-refractivity contribution in [2.75, 3.05) is 33.7 Å². The van der Waals surface area contributed by atoms with Crippen LogP contribution < -0.4 is 10.6 Å². The number of halogens is 1. The van der Waals surface area contributed by atoms with Crippen molar-refractivity contribution >= 4 is 11.9 Å². The first kappa shape index (κ1) is 18.7. The Morgan fingerprint density at radius 2 is 2.13 bits per heavy atom. The van der Waals surface area contributed by atoms with Crippen molar-refractivity contribution in [3.8, 4) is 0 Å². The van der Waals surface area contributed by atoms with E-state index in [1.54, 1.807) is 26.2 Å². The molecule has 0 radical (unpaired) electrons. The Morgan fingerprint density at radius 1 is 1.39 bits per heavy atom. The van der Waals surface area contributed by atoms with Gasteiger partial charge in [0.25, 0.3) is 0 Å². The van der Waals surface area contributed by atoms with Gasteiger partial charge in [0.1, 0.15) is 12.4 Å². The van der Waals surface area contributed by atoms with E-state index >= 15 is 0 Å². The summed E-state index contributed by atoms with van der Waals surface area (Å²) in [5.41, 5.74) is 2.00. The van der Waals surface area contributed by atoms with Gasteiger partial charge in [-0.05, 0) is 36.6 Å². The number of guanidine groups is 1. The van der Waals surface area contributed by atoms with Crippen molar-refractivity contribution in [3.63, 3.8) is 0 Å². The van der Waals surface area contributed by atoms with E-state index < -0.39 is 0 Å². The minimum absolute atomic E-state index is 0.0703. The van der Waals surface area contributed by atoms with Crippen LogP contribution in [-0.2, 0) is 11.2 Å². The third-order valence-electron chi connectivity index (χ3n) is 3.28. The molecule has 0 heterocycles. The number of carbonyl (C=O) groups is 1. The summed E-state index contributed by atoms with van der Waals surface area (Å²) in [7, 11) is 3.39. The molecule has 0 spiro atoms. The molecule has 1 amide bonds. The van der Waals surface area contributed by atoms with Gasteiger partial charge in [-0.1, -0.05) is 12.1 Å². The molecular weight excluding hydrogens is 295 g/mol. The number of rotatable bonds is 7. The van der Waals surface area contributed by atoms with Gasteiger partial charge in [-0.15, -0.1) is 6.58 Å². The van der Waals surface area contributed by atoms with Crippen molar-refractivity contribution in [2.45, 2.75) is 13.3 Å². The summed E-state index contributed by atoms with van der Waals surface area (Å²) in [4.78, 5) is 17.3. The second kappa shape index (κ2) is 9.61. The van der Waals surface area contributed by atoms with Crippen LogP contribution >= 0.6 is 0 Å². The average molecular weight is 320 g/mol. The van der Waals surface area contributed by atoms with Crippen LogP contribution in [0.15, 0.2) is 35.8 Å². The number of nitrogens with one attached hydrogen (secondary N) is 2. The molecule has 2 N–H and O–H groups in total. The summed E-state index contributed by atoms with van der Waals surface area (Å²) in [6.45, 7) is 6.80. The van der Waals surface area contributed by atoms with Gasteiger partial charge in [0.15, 0.2) is 5.96 Å². The molecular formula is C17H25FN4O. The molecule has 0 atom stereocenters. The maximum Gasteiger partial charge on any atom is 0.243 e. The third kappa shape index (κ3) is 6.95. The molecule has 1 aromatic carbocycles. The van der Waals surface area contributed by atoms with Gasteiger partial charge in [-0.25, -0.2) is 9.38 Å². The van der Waals surface area contributed by atoms with E-state index in [0.717, 1.165) is 17.5 Å². The minimum Gasteiger partial charge on any atom is -0.356 e. The highest BCUT2D eigenvalue weighted by Gasteiger charge is 2.05. The number of aryl methyl sites for hydroxylation is 1. The minimum atomic E-state index is -0.226. The number of nitrogens with zero attached hydrogens (tertiary/aromatic N) is 2. The Hall–Kier alpha value is -2.37. The van der Waals surface area contributed by atoms with Crippen LogP contribution in [0.1, 0.15) is 11.1 Å². The Morgan fingerprint density at radius 3 is 2.74 bits per heavy atom. The molecule has 0 saturated carbocycles. The number of hydrogen-bond donors (Lipinski definition) is 2. The number of aliphatic imine (C=N–C) groups is 1. The first-order valence-electron chi connectivity index (χ1n) is 7.52. The highest BCUT2D eigenvalue weighted by Crippen LogP contribution is 2.10. The van der Waals surface area contributed by atoms with E-state index in [1.807, 2.05) is 6.92 Å². The standard InChI is InChI=1S/C17H25FN4O/c1-5-9-19-17(21-12-16(23)22(3)4)20-10-8-14-6-7-15(18)11-13(14)2/h5-7,11H,1,8-10,12H2,2-4H3,(H2,19,20,21). The third-order valence-corrected chi connectivity index (χ3v) is 3.28. The Bertz CT molecular complexity index is 570. The first-order valence-corrected chi connectivity index (χ1v) is 7.52. The molecule has 0 aliphatic heterocycles. The quantitative estimate of drug-likeness (QED) is 0.455. The molecule has 6 heteroatoms. The average Bonchev–Trinajstić information content (AvgIpc) is 2.50. The molecule has 23 heavy (non-hydrogen) atoms. The fourth-order valence-corrected chi connectivity index (χ4v) is 1.89. The summed E-state index contributed by atoms with van der Waals surface area (Å²) in [6.07, 6.45) is 2.46. The molecule has 0 aliphatic carbocycles. The summed E-state index contributed by atoms with van der Waals surface area (Å²) in [5.74, 6) is 0.259. The van der Waals surface area contributed by atoms with Crippen molar-refractivity contribution in [2.24, 2.45) is 4.99 Å². The van der Waals surface area contributed by atoms with Crippen LogP contribution in [0.2, 0.25) is 0 Å². The first-order chi connectivity index (χ1) is 10.9. The van der Waals surface area contributed by atoms with Gasteiger partial charge < -0.3 is 15.5 Å². The van der Waals surface area contributed by atoms with E-state index in [-0.39, 0.29) is 18.3 Å². The smallest absolute Gasteiger partial charge is 0.243 e. The molecule has 0 fully saturated rings. The zero-order valence-electron chi connectivity index (χ0n) is 14.0. The fourth-order valence-electron chi connectivity index (χ4n) is 1.89. The maximum absolute atomic E-state index is 13.1. The van der Waals surface area contributed by atoms with Crippen LogP contribution in [0, 0.1) is 12.7 Å². The van der Waals surface area contributed by atoms with E-state index in [1.165, 1.54) is 17.0 Å². The van der Waals surface area contributed by atoms with E-state index in [9.17, 15) is 9.18 Å². The van der Waals surface area contributed by atoms with Gasteiger partial charge in [-0.3, -0.25) is 4.79 Å². The molecule has 5 nitrogen and oxygen atoms in total. The molecule has 1 aromatic rings. The van der Waals surface area contributed by atoms with Gasteiger partial charge in [0.05, 0.1) is 0 Å². The number of carbonyl (C=O) groups excluding carboxylic acids is 1. The molecule has 126 valence electrons. The summed E-state index contributed by atoms with van der Waals surface area (Å²) < 4.78 is 13.1. The van der Waals surface area contributed by atoms with Gasteiger partial charge in [0, 0.05) is 27.2 Å². The maximum atomic E-state index is 13.1. The highest BCUT2D eigenvalue weighted by molar-refractivity contribution is 5.84. The zero-order chi connectivity index (χ0) is 17.2. The SMILES string of the molecule is C=CCNC(=NCC(=O)N(C)C)NCCc1ccc(F)cc1C. The molecule has 0 aliphatic rings. The Balaban J connectivity index is 2.57. The second-order valence-electron chi connectivity index (χ2n) is 5.37. The molecule has 0 bridgehead atoms. The van der Waals surface area contributed by atoms with E-state index in [0.29, 0.717) is 19.0 Å². The predicted molar refractivity (Wildman–Crippen MR) is 92.0 cm³/mol.